The number of ether oxygens (including phenoxy) is 1. The Morgan fingerprint density at radius 3 is 1.65 bits per heavy atom. The van der Waals surface area contributed by atoms with Crippen molar-refractivity contribution in [1.29, 1.82) is 0 Å². The molecule has 1 N–H and O–H groups in total. The molecular formula is C17H34O5S. The van der Waals surface area contributed by atoms with Crippen LogP contribution in [0.2, 0.25) is 0 Å². The second kappa shape index (κ2) is 13.8. The highest BCUT2D eigenvalue weighted by Crippen LogP contribution is 2.12. The van der Waals surface area contributed by atoms with E-state index in [0.717, 1.165) is 26.2 Å². The molecule has 0 bridgehead atoms. The van der Waals surface area contributed by atoms with Crippen LogP contribution in [0.1, 0.15) is 90.9 Å². The van der Waals surface area contributed by atoms with Gasteiger partial charge in [-0.2, -0.15) is 8.42 Å². The minimum Gasteiger partial charge on any atom is -0.465 e. The number of hydrogen-bond acceptors (Lipinski definition) is 4. The first-order valence-corrected chi connectivity index (χ1v) is 10.5. The third-order valence-corrected chi connectivity index (χ3v) is 5.11. The summed E-state index contributed by atoms with van der Waals surface area (Å²) in [5.74, 6) is -0.879. The van der Waals surface area contributed by atoms with Crippen molar-refractivity contribution in [2.75, 3.05) is 6.61 Å². The summed E-state index contributed by atoms with van der Waals surface area (Å²) in [4.78, 5) is 11.3. The maximum Gasteiger partial charge on any atom is 0.326 e. The van der Waals surface area contributed by atoms with Crippen molar-refractivity contribution in [1.82, 2.24) is 0 Å². The highest BCUT2D eigenvalue weighted by atomic mass is 32.2. The van der Waals surface area contributed by atoms with E-state index in [1.54, 1.807) is 0 Å². The normalized spacial score (nSPS) is 13.0. The molecule has 0 aromatic heterocycles. The lowest BCUT2D eigenvalue weighted by Gasteiger charge is -2.08. The summed E-state index contributed by atoms with van der Waals surface area (Å²) in [7, 11) is -4.34. The van der Waals surface area contributed by atoms with Crippen LogP contribution in [0.5, 0.6) is 0 Å². The van der Waals surface area contributed by atoms with E-state index < -0.39 is 21.3 Å². The molecule has 23 heavy (non-hydrogen) atoms. The van der Waals surface area contributed by atoms with Gasteiger partial charge in [-0.15, -0.1) is 0 Å². The number of carbonyl (C=O) groups is 1. The first kappa shape index (κ1) is 22.4. The Morgan fingerprint density at radius 2 is 1.26 bits per heavy atom. The standard InChI is InChI=1S/C17H34O5S/c1-3-4-5-6-7-8-9-10-11-12-13-14-15-22-17(18)16(2)23(19,20)21/h16H,3-15H2,1-2H3,(H,19,20,21). The lowest BCUT2D eigenvalue weighted by molar-refractivity contribution is -0.143. The van der Waals surface area contributed by atoms with Gasteiger partial charge in [0.05, 0.1) is 6.61 Å². The minimum atomic E-state index is -4.34. The molecule has 138 valence electrons. The highest BCUT2D eigenvalue weighted by Gasteiger charge is 2.26. The second-order valence-electron chi connectivity index (χ2n) is 6.21. The second-order valence-corrected chi connectivity index (χ2v) is 7.95. The van der Waals surface area contributed by atoms with E-state index >= 15 is 0 Å². The van der Waals surface area contributed by atoms with Gasteiger partial charge in [-0.05, 0) is 13.3 Å². The zero-order valence-electron chi connectivity index (χ0n) is 14.8. The molecule has 0 rings (SSSR count). The molecule has 0 saturated heterocycles. The molecule has 0 aromatic rings. The molecular weight excluding hydrogens is 316 g/mol. The molecule has 1 unspecified atom stereocenters. The van der Waals surface area contributed by atoms with Crippen molar-refractivity contribution in [3.63, 3.8) is 0 Å². The van der Waals surface area contributed by atoms with Gasteiger partial charge in [0, 0.05) is 0 Å². The number of esters is 1. The summed E-state index contributed by atoms with van der Waals surface area (Å²) in [5.41, 5.74) is 0. The van der Waals surface area contributed by atoms with Gasteiger partial charge < -0.3 is 4.74 Å². The number of hydrogen-bond donors (Lipinski definition) is 1. The maximum absolute atomic E-state index is 11.3. The summed E-state index contributed by atoms with van der Waals surface area (Å²) in [6.45, 7) is 3.58. The third kappa shape index (κ3) is 13.5. The Morgan fingerprint density at radius 1 is 0.870 bits per heavy atom. The van der Waals surface area contributed by atoms with Crippen LogP contribution < -0.4 is 0 Å². The number of carbonyl (C=O) groups excluding carboxylic acids is 1. The Balaban J connectivity index is 3.32. The molecule has 0 aliphatic rings. The summed E-state index contributed by atoms with van der Waals surface area (Å²) in [6.07, 6.45) is 14.6. The molecule has 0 radical (unpaired) electrons. The average molecular weight is 351 g/mol. The van der Waals surface area contributed by atoms with Crippen molar-refractivity contribution < 1.29 is 22.5 Å². The molecule has 5 nitrogen and oxygen atoms in total. The Bertz CT molecular complexity index is 392. The van der Waals surface area contributed by atoms with Crippen LogP contribution in [0.4, 0.5) is 0 Å². The number of rotatable bonds is 15. The predicted octanol–water partition coefficient (Wildman–Crippen LogP) is 4.51. The monoisotopic (exact) mass is 350 g/mol. The fraction of sp³-hybridized carbons (Fsp3) is 0.941. The first-order valence-electron chi connectivity index (χ1n) is 9.02. The molecule has 0 aliphatic carbocycles. The third-order valence-electron chi connectivity index (χ3n) is 4.02. The molecule has 0 amide bonds. The summed E-state index contributed by atoms with van der Waals surface area (Å²) >= 11 is 0. The molecule has 0 aromatic carbocycles. The average Bonchev–Trinajstić information content (AvgIpc) is 2.50. The van der Waals surface area contributed by atoms with Crippen molar-refractivity contribution in [2.45, 2.75) is 96.1 Å². The smallest absolute Gasteiger partial charge is 0.326 e. The van der Waals surface area contributed by atoms with Crippen LogP contribution in [0.3, 0.4) is 0 Å². The van der Waals surface area contributed by atoms with Crippen molar-refractivity contribution in [2.24, 2.45) is 0 Å². The van der Waals surface area contributed by atoms with Gasteiger partial charge in [0.15, 0.2) is 5.25 Å². The molecule has 0 saturated carbocycles. The highest BCUT2D eigenvalue weighted by molar-refractivity contribution is 7.87. The van der Waals surface area contributed by atoms with E-state index in [1.165, 1.54) is 57.8 Å². The summed E-state index contributed by atoms with van der Waals surface area (Å²) < 4.78 is 35.1. The van der Waals surface area contributed by atoms with Crippen LogP contribution in [0, 0.1) is 0 Å². The van der Waals surface area contributed by atoms with Crippen LogP contribution >= 0.6 is 0 Å². The van der Waals surface area contributed by atoms with Crippen LogP contribution in [0.25, 0.3) is 0 Å². The van der Waals surface area contributed by atoms with Gasteiger partial charge in [-0.1, -0.05) is 77.6 Å². The van der Waals surface area contributed by atoms with E-state index in [4.69, 9.17) is 9.29 Å². The molecule has 0 spiro atoms. The fourth-order valence-electron chi connectivity index (χ4n) is 2.35. The van der Waals surface area contributed by atoms with Gasteiger partial charge in [-0.3, -0.25) is 9.35 Å². The van der Waals surface area contributed by atoms with Crippen LogP contribution in [-0.2, 0) is 19.6 Å². The van der Waals surface area contributed by atoms with Gasteiger partial charge in [-0.25, -0.2) is 0 Å². The van der Waals surface area contributed by atoms with Gasteiger partial charge in [0.2, 0.25) is 0 Å². The first-order chi connectivity index (χ1) is 10.9. The lowest BCUT2D eigenvalue weighted by atomic mass is 10.1. The maximum atomic E-state index is 11.3. The fourth-order valence-corrected chi connectivity index (χ4v) is 2.67. The zero-order valence-corrected chi connectivity index (χ0v) is 15.6. The van der Waals surface area contributed by atoms with Gasteiger partial charge in [0.25, 0.3) is 10.1 Å². The Kier molecular flexibility index (Phi) is 13.4. The van der Waals surface area contributed by atoms with Crippen LogP contribution in [-0.4, -0.2) is 30.8 Å². The zero-order chi connectivity index (χ0) is 17.6. The van der Waals surface area contributed by atoms with E-state index in [9.17, 15) is 13.2 Å². The van der Waals surface area contributed by atoms with Gasteiger partial charge in [0.1, 0.15) is 0 Å². The van der Waals surface area contributed by atoms with E-state index in [2.05, 4.69) is 6.92 Å². The predicted molar refractivity (Wildman–Crippen MR) is 93.0 cm³/mol. The SMILES string of the molecule is CCCCCCCCCCCCCCOC(=O)C(C)S(=O)(=O)O. The van der Waals surface area contributed by atoms with Crippen LogP contribution in [0.15, 0.2) is 0 Å². The summed E-state index contributed by atoms with van der Waals surface area (Å²) in [6, 6.07) is 0. The quantitative estimate of drug-likeness (QED) is 0.267. The van der Waals surface area contributed by atoms with E-state index in [-0.39, 0.29) is 6.61 Å². The van der Waals surface area contributed by atoms with Gasteiger partial charge >= 0.3 is 5.97 Å². The van der Waals surface area contributed by atoms with E-state index in [1.807, 2.05) is 0 Å². The van der Waals surface area contributed by atoms with E-state index in [0.29, 0.717) is 0 Å². The topological polar surface area (TPSA) is 80.7 Å². The molecule has 6 heteroatoms. The van der Waals surface area contributed by atoms with Crippen molar-refractivity contribution in [3.8, 4) is 0 Å². The summed E-state index contributed by atoms with van der Waals surface area (Å²) in [5, 5.41) is -1.50. The molecule has 0 heterocycles. The van der Waals surface area contributed by atoms with Crippen molar-refractivity contribution in [3.05, 3.63) is 0 Å². The number of unbranched alkanes of at least 4 members (excludes halogenated alkanes) is 11. The Hall–Kier alpha value is -0.620. The lowest BCUT2D eigenvalue weighted by Crippen LogP contribution is -2.28. The molecule has 1 atom stereocenters. The largest absolute Gasteiger partial charge is 0.465 e. The minimum absolute atomic E-state index is 0.218. The van der Waals surface area contributed by atoms with Crippen molar-refractivity contribution >= 4 is 16.1 Å². The molecule has 0 aliphatic heterocycles. The molecule has 0 fully saturated rings. The Labute approximate surface area is 141 Å².